The van der Waals surface area contributed by atoms with Gasteiger partial charge in [0.2, 0.25) is 0 Å². The van der Waals surface area contributed by atoms with Gasteiger partial charge in [-0.2, -0.15) is 0 Å². The smallest absolute Gasteiger partial charge is 0.131 e. The SMILES string of the molecule is CNC1N=C(/C(C)=C/C(/C=C\N)=C\N)C1=C(N)N. The van der Waals surface area contributed by atoms with Crippen LogP contribution in [0.25, 0.3) is 0 Å². The Morgan fingerprint density at radius 2 is 2.00 bits per heavy atom. The van der Waals surface area contributed by atoms with E-state index < -0.39 is 0 Å². The van der Waals surface area contributed by atoms with Gasteiger partial charge in [-0.15, -0.1) is 0 Å². The average molecular weight is 248 g/mol. The van der Waals surface area contributed by atoms with E-state index in [2.05, 4.69) is 10.3 Å². The molecule has 0 fully saturated rings. The van der Waals surface area contributed by atoms with Gasteiger partial charge < -0.3 is 22.9 Å². The highest BCUT2D eigenvalue weighted by Gasteiger charge is 2.29. The molecule has 0 bridgehead atoms. The summed E-state index contributed by atoms with van der Waals surface area (Å²) in [7, 11) is 1.80. The van der Waals surface area contributed by atoms with Crippen molar-refractivity contribution < 1.29 is 0 Å². The van der Waals surface area contributed by atoms with Crippen LogP contribution < -0.4 is 28.3 Å². The minimum Gasteiger partial charge on any atom is -0.405 e. The molecule has 0 spiro atoms. The maximum absolute atomic E-state index is 5.65. The summed E-state index contributed by atoms with van der Waals surface area (Å²) in [5, 5.41) is 3.00. The van der Waals surface area contributed by atoms with E-state index >= 15 is 0 Å². The Balaban J connectivity index is 3.03. The van der Waals surface area contributed by atoms with Gasteiger partial charge in [0.25, 0.3) is 0 Å². The predicted molar refractivity (Wildman–Crippen MR) is 75.0 cm³/mol. The van der Waals surface area contributed by atoms with Crippen LogP contribution in [0.1, 0.15) is 6.92 Å². The van der Waals surface area contributed by atoms with Crippen LogP contribution in [0.2, 0.25) is 0 Å². The number of hydrogen-bond acceptors (Lipinski definition) is 6. The number of allylic oxidation sites excluding steroid dienone is 4. The summed E-state index contributed by atoms with van der Waals surface area (Å²) in [6, 6.07) is 0. The standard InChI is InChI=1S/C12H20N6/c1-7(5-8(6-14)3-4-13)10-9(11(15)16)12(17-2)18-10/h3-6,12,17H,13-16H2,1-2H3/b4-3-,7-5+,8-6-. The first-order chi connectivity index (χ1) is 8.54. The van der Waals surface area contributed by atoms with E-state index in [9.17, 15) is 0 Å². The van der Waals surface area contributed by atoms with Crippen molar-refractivity contribution in [2.24, 2.45) is 27.9 Å². The molecule has 98 valence electrons. The Labute approximate surface area is 107 Å². The lowest BCUT2D eigenvalue weighted by atomic mass is 9.94. The van der Waals surface area contributed by atoms with Crippen LogP contribution in [-0.2, 0) is 0 Å². The third-order valence-corrected chi connectivity index (χ3v) is 2.61. The molecule has 0 aromatic heterocycles. The van der Waals surface area contributed by atoms with Crippen molar-refractivity contribution in [3.63, 3.8) is 0 Å². The second-order valence-electron chi connectivity index (χ2n) is 3.89. The van der Waals surface area contributed by atoms with Gasteiger partial charge in [0, 0.05) is 6.20 Å². The third-order valence-electron chi connectivity index (χ3n) is 2.61. The predicted octanol–water partition coefficient (Wildman–Crippen LogP) is -0.623. The van der Waals surface area contributed by atoms with Crippen LogP contribution in [0.5, 0.6) is 0 Å². The largest absolute Gasteiger partial charge is 0.405 e. The Hall–Kier alpha value is -2.21. The quantitative estimate of drug-likeness (QED) is 0.423. The van der Waals surface area contributed by atoms with Crippen LogP contribution in [0.15, 0.2) is 52.1 Å². The molecule has 1 heterocycles. The fourth-order valence-electron chi connectivity index (χ4n) is 1.73. The lowest BCUT2D eigenvalue weighted by Crippen LogP contribution is -2.42. The second-order valence-corrected chi connectivity index (χ2v) is 3.89. The first-order valence-electron chi connectivity index (χ1n) is 5.54. The molecule has 1 aliphatic heterocycles. The van der Waals surface area contributed by atoms with Gasteiger partial charge in [-0.1, -0.05) is 0 Å². The summed E-state index contributed by atoms with van der Waals surface area (Å²) in [5.41, 5.74) is 25.4. The maximum atomic E-state index is 5.65. The molecule has 0 saturated carbocycles. The second kappa shape index (κ2) is 5.92. The molecule has 0 radical (unpaired) electrons. The van der Waals surface area contributed by atoms with E-state index in [-0.39, 0.29) is 12.0 Å². The zero-order valence-electron chi connectivity index (χ0n) is 10.6. The van der Waals surface area contributed by atoms with Crippen molar-refractivity contribution in [1.29, 1.82) is 0 Å². The third kappa shape index (κ3) is 2.72. The molecule has 0 amide bonds. The number of rotatable bonds is 4. The summed E-state index contributed by atoms with van der Waals surface area (Å²) < 4.78 is 0. The van der Waals surface area contributed by atoms with E-state index in [4.69, 9.17) is 22.9 Å². The highest BCUT2D eigenvalue weighted by atomic mass is 15.1. The van der Waals surface area contributed by atoms with Crippen molar-refractivity contribution in [2.45, 2.75) is 13.1 Å². The van der Waals surface area contributed by atoms with Crippen LogP contribution in [0.4, 0.5) is 0 Å². The number of nitrogens with two attached hydrogens (primary N) is 4. The highest BCUT2D eigenvalue weighted by molar-refractivity contribution is 6.17. The normalized spacial score (nSPS) is 20.9. The summed E-state index contributed by atoms with van der Waals surface area (Å²) in [6.45, 7) is 1.92. The fraction of sp³-hybridized carbons (Fsp3) is 0.250. The lowest BCUT2D eigenvalue weighted by molar-refractivity contribution is 0.644. The molecule has 6 nitrogen and oxygen atoms in total. The minimum atomic E-state index is -0.135. The molecule has 0 aromatic rings. The number of nitrogens with one attached hydrogen (secondary N) is 1. The van der Waals surface area contributed by atoms with Gasteiger partial charge in [0.15, 0.2) is 0 Å². The number of aliphatic imine (C=N–C) groups is 1. The highest BCUT2D eigenvalue weighted by Crippen LogP contribution is 2.24. The first-order valence-corrected chi connectivity index (χ1v) is 5.54. The van der Waals surface area contributed by atoms with Gasteiger partial charge in [-0.25, -0.2) is 0 Å². The van der Waals surface area contributed by atoms with Crippen LogP contribution >= 0.6 is 0 Å². The van der Waals surface area contributed by atoms with Gasteiger partial charge in [-0.3, -0.25) is 10.3 Å². The van der Waals surface area contributed by atoms with E-state index in [1.165, 1.54) is 12.4 Å². The minimum absolute atomic E-state index is 0.135. The van der Waals surface area contributed by atoms with Crippen LogP contribution in [0, 0.1) is 0 Å². The Morgan fingerprint density at radius 3 is 2.44 bits per heavy atom. The van der Waals surface area contributed by atoms with Gasteiger partial charge in [0.1, 0.15) is 12.0 Å². The van der Waals surface area contributed by atoms with E-state index in [1.54, 1.807) is 13.1 Å². The molecule has 1 aliphatic rings. The van der Waals surface area contributed by atoms with E-state index in [1.807, 2.05) is 13.0 Å². The first kappa shape index (κ1) is 13.9. The van der Waals surface area contributed by atoms with Gasteiger partial charge in [0.05, 0.1) is 11.3 Å². The number of hydrogen-bond donors (Lipinski definition) is 5. The molecular weight excluding hydrogens is 228 g/mol. The lowest BCUT2D eigenvalue weighted by Gasteiger charge is -2.29. The Kier molecular flexibility index (Phi) is 4.56. The topological polar surface area (TPSA) is 128 Å². The van der Waals surface area contributed by atoms with E-state index in [0.29, 0.717) is 0 Å². The van der Waals surface area contributed by atoms with Crippen LogP contribution in [0.3, 0.4) is 0 Å². The monoisotopic (exact) mass is 248 g/mol. The summed E-state index contributed by atoms with van der Waals surface area (Å²) >= 11 is 0. The molecule has 0 aromatic carbocycles. The van der Waals surface area contributed by atoms with Crippen molar-refractivity contribution in [3.05, 3.63) is 47.1 Å². The molecule has 0 aliphatic carbocycles. The summed E-state index contributed by atoms with van der Waals surface area (Å²) in [6.07, 6.45) is 6.33. The number of nitrogens with zero attached hydrogens (tertiary/aromatic N) is 1. The average Bonchev–Trinajstić information content (AvgIpc) is 2.26. The van der Waals surface area contributed by atoms with Gasteiger partial charge >= 0.3 is 0 Å². The fourth-order valence-corrected chi connectivity index (χ4v) is 1.73. The Morgan fingerprint density at radius 1 is 1.33 bits per heavy atom. The van der Waals surface area contributed by atoms with Crippen molar-refractivity contribution in [1.82, 2.24) is 5.32 Å². The Bertz CT molecular complexity index is 463. The maximum Gasteiger partial charge on any atom is 0.131 e. The van der Waals surface area contributed by atoms with Gasteiger partial charge in [-0.05, 0) is 43.5 Å². The van der Waals surface area contributed by atoms with Crippen molar-refractivity contribution >= 4 is 5.71 Å². The molecule has 1 atom stereocenters. The molecule has 18 heavy (non-hydrogen) atoms. The molecule has 6 heteroatoms. The summed E-state index contributed by atoms with van der Waals surface area (Å²) in [4.78, 5) is 4.39. The van der Waals surface area contributed by atoms with Crippen LogP contribution in [-0.4, -0.2) is 18.9 Å². The summed E-state index contributed by atoms with van der Waals surface area (Å²) in [5.74, 6) is 0.278. The van der Waals surface area contributed by atoms with Crippen molar-refractivity contribution in [2.75, 3.05) is 7.05 Å². The molecular formula is C12H20N6. The number of likely N-dealkylation sites (N-methyl/N-ethyl adjacent to an activating group) is 1. The molecule has 0 saturated heterocycles. The van der Waals surface area contributed by atoms with E-state index in [0.717, 1.165) is 22.4 Å². The molecule has 9 N–H and O–H groups in total. The van der Waals surface area contributed by atoms with Crippen molar-refractivity contribution in [3.8, 4) is 0 Å². The zero-order chi connectivity index (χ0) is 13.7. The molecule has 1 unspecified atom stereocenters. The molecule has 1 rings (SSSR count). The zero-order valence-corrected chi connectivity index (χ0v) is 10.6.